The van der Waals surface area contributed by atoms with Crippen molar-refractivity contribution in [1.29, 1.82) is 0 Å². The van der Waals surface area contributed by atoms with E-state index in [0.717, 1.165) is 168 Å². The molecule has 14 fully saturated rings. The fourth-order valence-electron chi connectivity index (χ4n) is 27.2. The molecule has 3 aromatic rings. The maximum Gasteiger partial charge on any atom is 0.0700 e. The lowest BCUT2D eigenvalue weighted by Crippen LogP contribution is -2.59. The second-order valence-electron chi connectivity index (χ2n) is 26.6. The van der Waals surface area contributed by atoms with Crippen LogP contribution in [0.5, 0.6) is 0 Å². The van der Waals surface area contributed by atoms with E-state index >= 15 is 0 Å². The summed E-state index contributed by atoms with van der Waals surface area (Å²) in [5, 5.41) is 2.24. The van der Waals surface area contributed by atoms with E-state index in [9.17, 15) is 0 Å². The molecule has 0 amide bonds. The van der Waals surface area contributed by atoms with Crippen molar-refractivity contribution in [3.05, 3.63) is 68.9 Å². The first kappa shape index (κ1) is 35.6. The van der Waals surface area contributed by atoms with Crippen LogP contribution in [0.25, 0.3) is 19.5 Å². The van der Waals surface area contributed by atoms with Crippen molar-refractivity contribution in [2.75, 3.05) is 40.0 Å². The Morgan fingerprint density at radius 1 is 0.609 bits per heavy atom. The molecule has 17 aliphatic rings. The van der Waals surface area contributed by atoms with Crippen molar-refractivity contribution in [2.24, 2.45) is 159 Å². The summed E-state index contributed by atoms with van der Waals surface area (Å²) >= 11 is 6.14. The highest BCUT2D eigenvalue weighted by atomic mass is 32.1. The van der Waals surface area contributed by atoms with E-state index in [0.29, 0.717) is 18.1 Å². The van der Waals surface area contributed by atoms with Gasteiger partial charge in [0, 0.05) is 61.8 Å². The number of allylic oxidation sites excluding steroid dienone is 3. The van der Waals surface area contributed by atoms with Gasteiger partial charge in [-0.25, -0.2) is 0 Å². The van der Waals surface area contributed by atoms with Crippen LogP contribution in [0.3, 0.4) is 0 Å². The summed E-state index contributed by atoms with van der Waals surface area (Å²) in [7, 11) is 1.83. The average Bonchev–Trinajstić information content (AvgIpc) is 4.14. The molecule has 1 spiro atoms. The number of thiophene rings is 3. The predicted molar refractivity (Wildman–Crippen MR) is 252 cm³/mol. The highest BCUT2D eigenvalue weighted by Crippen LogP contribution is 2.93. The molecule has 28 unspecified atom stereocenters. The number of hydrogen-bond donors (Lipinski definition) is 0. The molecular weight excluding hydrogens is 839 g/mol. The third-order valence-corrected chi connectivity index (χ3v) is 29.9. The van der Waals surface area contributed by atoms with Crippen LogP contribution in [-0.4, -0.2) is 44.9 Å². The van der Waals surface area contributed by atoms with Crippen molar-refractivity contribution in [3.63, 3.8) is 0 Å². The first-order valence-electron chi connectivity index (χ1n) is 27.2. The maximum absolute atomic E-state index is 6.48. The van der Waals surface area contributed by atoms with Crippen LogP contribution in [0.15, 0.2) is 64.1 Å². The standard InChI is InChI=1S/C58H63NO2S3/c1-60-10-11-61-9-8-59-21-30-29-19-27-17-24-15-25-14-22-13-23-16-26-18-28-20-58(30,57(59)35-7-6-34(64-35)33-5-4-32(63-33)31-3-2-12-62-31)56-42(28)47-41(26)46-37(23)36(22)44-40(25)45-38(24)39(27)48-43(29)55(56)54-52(47)50(46)49(44)51(45)53(48)54/h2-7,12,22-26,28,30,36-38,40-42,44-57H,8-11,13-21H2,1H3. The number of ether oxygens (including phenoxy) is 2. The van der Waals surface area contributed by atoms with Crippen LogP contribution < -0.4 is 0 Å². The highest BCUT2D eigenvalue weighted by Gasteiger charge is 2.88. The van der Waals surface area contributed by atoms with E-state index < -0.39 is 0 Å². The molecule has 13 saturated carbocycles. The summed E-state index contributed by atoms with van der Waals surface area (Å²) < 4.78 is 12.0. The number of methoxy groups -OCH3 is 1. The number of nitrogens with zero attached hydrogens (tertiary/aromatic N) is 1. The molecule has 1 aliphatic heterocycles. The van der Waals surface area contributed by atoms with Crippen molar-refractivity contribution in [1.82, 2.24) is 4.90 Å². The summed E-state index contributed by atoms with van der Waals surface area (Å²) in [6.45, 7) is 4.63. The Morgan fingerprint density at radius 2 is 1.27 bits per heavy atom. The summed E-state index contributed by atoms with van der Waals surface area (Å²) in [5.41, 5.74) is 9.06. The van der Waals surface area contributed by atoms with Gasteiger partial charge in [-0.15, -0.1) is 34.0 Å². The van der Waals surface area contributed by atoms with Gasteiger partial charge in [0.25, 0.3) is 0 Å². The van der Waals surface area contributed by atoms with Crippen LogP contribution >= 0.6 is 34.0 Å². The van der Waals surface area contributed by atoms with Gasteiger partial charge in [0.1, 0.15) is 0 Å². The molecule has 3 nitrogen and oxygen atoms in total. The van der Waals surface area contributed by atoms with Crippen LogP contribution in [0.2, 0.25) is 0 Å². The molecule has 64 heavy (non-hydrogen) atoms. The van der Waals surface area contributed by atoms with E-state index in [1.54, 1.807) is 43.4 Å². The van der Waals surface area contributed by atoms with E-state index in [1.165, 1.54) is 44.8 Å². The van der Waals surface area contributed by atoms with Crippen molar-refractivity contribution in [2.45, 2.75) is 57.4 Å². The zero-order chi connectivity index (χ0) is 40.5. The van der Waals surface area contributed by atoms with Crippen molar-refractivity contribution in [3.8, 4) is 19.5 Å². The van der Waals surface area contributed by atoms with Crippen molar-refractivity contribution < 1.29 is 9.47 Å². The molecule has 4 heterocycles. The zero-order valence-electron chi connectivity index (χ0n) is 37.3. The van der Waals surface area contributed by atoms with Crippen LogP contribution in [0, 0.1) is 159 Å². The van der Waals surface area contributed by atoms with Crippen molar-refractivity contribution >= 4 is 34.0 Å². The highest BCUT2D eigenvalue weighted by molar-refractivity contribution is 7.26. The fraction of sp³-hybridized carbons (Fsp3) is 0.724. The Bertz CT molecular complexity index is 2690. The van der Waals surface area contributed by atoms with Gasteiger partial charge in [-0.1, -0.05) is 28.4 Å². The summed E-state index contributed by atoms with van der Waals surface area (Å²) in [6.07, 6.45) is 12.8. The normalized spacial score (nSPS) is 58.9. The lowest BCUT2D eigenvalue weighted by molar-refractivity contribution is -0.149. The van der Waals surface area contributed by atoms with E-state index in [1.807, 2.05) is 29.8 Å². The molecule has 0 bridgehead atoms. The Kier molecular flexibility index (Phi) is 6.33. The molecule has 0 N–H and O–H groups in total. The van der Waals surface area contributed by atoms with Gasteiger partial charge in [-0.3, -0.25) is 4.90 Å². The molecule has 6 heteroatoms. The van der Waals surface area contributed by atoms with Gasteiger partial charge in [0.15, 0.2) is 0 Å². The number of likely N-dealkylation sites (tertiary alicyclic amines) is 1. The van der Waals surface area contributed by atoms with E-state index in [4.69, 9.17) is 9.47 Å². The van der Waals surface area contributed by atoms with Gasteiger partial charge < -0.3 is 9.47 Å². The van der Waals surface area contributed by atoms with Crippen LogP contribution in [0.4, 0.5) is 0 Å². The Balaban J connectivity index is 0.816. The SMILES string of the molecule is COCCOCCN1CC2C3=C4C5C6=C(C3)CC3CC7CC8CC9CC%10CC%11CC2(C2C4C4C5C5C(C63)C7C3C8C9C6C%10C(C4C6C35)C%112)C1c1ccc(-c2ccc(-c3cccs3)s2)s1. The third-order valence-electron chi connectivity index (χ3n) is 26.4. The molecule has 0 radical (unpaired) electrons. The minimum Gasteiger partial charge on any atom is -0.382 e. The first-order valence-corrected chi connectivity index (χ1v) is 29.7. The number of rotatable bonds is 9. The minimum absolute atomic E-state index is 0.383. The van der Waals surface area contributed by atoms with Crippen LogP contribution in [-0.2, 0) is 9.47 Å². The summed E-state index contributed by atoms with van der Waals surface area (Å²) in [6, 6.07) is 15.2. The van der Waals surface area contributed by atoms with Gasteiger partial charge in [0.05, 0.1) is 25.9 Å². The van der Waals surface area contributed by atoms with E-state index in [2.05, 4.69) is 80.3 Å². The third kappa shape index (κ3) is 3.55. The lowest BCUT2D eigenvalue weighted by Gasteiger charge is -2.62. The topological polar surface area (TPSA) is 21.7 Å². The fourth-order valence-corrected chi connectivity index (χ4v) is 30.4. The quantitative estimate of drug-likeness (QED) is 0.158. The largest absolute Gasteiger partial charge is 0.382 e. The second kappa shape index (κ2) is 11.4. The molecule has 16 aliphatic carbocycles. The predicted octanol–water partition coefficient (Wildman–Crippen LogP) is 12.2. The molecule has 28 atom stereocenters. The zero-order valence-corrected chi connectivity index (χ0v) is 39.8. The monoisotopic (exact) mass is 901 g/mol. The van der Waals surface area contributed by atoms with Gasteiger partial charge in [-0.05, 0) is 229 Å². The smallest absolute Gasteiger partial charge is 0.0700 e. The average molecular weight is 902 g/mol. The molecule has 1 saturated heterocycles. The number of hydrogen-bond acceptors (Lipinski definition) is 6. The lowest BCUT2D eigenvalue weighted by atomic mass is 9.42. The molecule has 3 aromatic heterocycles. The second-order valence-corrected chi connectivity index (χ2v) is 29.7. The Morgan fingerprint density at radius 3 is 2.06 bits per heavy atom. The molecular formula is C58H63NO2S3. The first-order chi connectivity index (χ1) is 31.7. The minimum atomic E-state index is 0.383. The number of fused-ring (bicyclic) bond motifs is 1. The molecule has 20 rings (SSSR count). The molecule has 0 aromatic carbocycles. The summed E-state index contributed by atoms with van der Waals surface area (Å²) in [5.74, 6) is 27.6. The molecule has 330 valence electrons. The van der Waals surface area contributed by atoms with Gasteiger partial charge >= 0.3 is 0 Å². The van der Waals surface area contributed by atoms with E-state index in [-0.39, 0.29) is 0 Å². The Hall–Kier alpha value is -1.54. The van der Waals surface area contributed by atoms with Gasteiger partial charge in [0.2, 0.25) is 0 Å². The van der Waals surface area contributed by atoms with Crippen LogP contribution in [0.1, 0.15) is 62.3 Å². The summed E-state index contributed by atoms with van der Waals surface area (Å²) in [4.78, 5) is 10.7. The maximum atomic E-state index is 6.48. The Labute approximate surface area is 391 Å². The van der Waals surface area contributed by atoms with Gasteiger partial charge in [-0.2, -0.15) is 0 Å².